The Morgan fingerprint density at radius 1 is 1.12 bits per heavy atom. The van der Waals surface area contributed by atoms with Gasteiger partial charge in [0.05, 0.1) is 6.26 Å². The summed E-state index contributed by atoms with van der Waals surface area (Å²) in [5.74, 6) is 1.00. The van der Waals surface area contributed by atoms with E-state index in [-0.39, 0.29) is 29.4 Å². The van der Waals surface area contributed by atoms with Crippen molar-refractivity contribution in [1.82, 2.24) is 20.4 Å². The predicted octanol–water partition coefficient (Wildman–Crippen LogP) is 3.80. The molecule has 1 saturated heterocycles. The summed E-state index contributed by atoms with van der Waals surface area (Å²) in [6, 6.07) is 10.6. The van der Waals surface area contributed by atoms with Gasteiger partial charge in [-0.3, -0.25) is 9.59 Å². The monoisotopic (exact) mass is 436 g/mol. The highest BCUT2D eigenvalue weighted by molar-refractivity contribution is 5.95. The standard InChI is InChI=1S/C24H28N4O4/c1-15(2)20(25-22(29)19-9-6-14-31-19)24(30)28-12-10-17(11-13-28)23-26-21(27-32-23)18-8-5-4-7-16(18)3/h4-9,14-15,17,20H,10-13H2,1-3H3,(H,25,29)/t20-/m0/s1. The van der Waals surface area contributed by atoms with Crippen molar-refractivity contribution in [3.05, 3.63) is 59.9 Å². The number of nitrogens with zero attached hydrogens (tertiary/aromatic N) is 3. The molecular formula is C24H28N4O4. The number of amides is 2. The predicted molar refractivity (Wildman–Crippen MR) is 118 cm³/mol. The van der Waals surface area contributed by atoms with Gasteiger partial charge in [0.1, 0.15) is 6.04 Å². The van der Waals surface area contributed by atoms with E-state index < -0.39 is 6.04 Å². The van der Waals surface area contributed by atoms with Crippen LogP contribution in [-0.2, 0) is 4.79 Å². The summed E-state index contributed by atoms with van der Waals surface area (Å²) in [6.45, 7) is 7.01. The first-order chi connectivity index (χ1) is 15.4. The van der Waals surface area contributed by atoms with Crippen LogP contribution in [0, 0.1) is 12.8 Å². The van der Waals surface area contributed by atoms with Crippen molar-refractivity contribution in [2.45, 2.75) is 45.6 Å². The maximum absolute atomic E-state index is 13.1. The molecule has 8 heteroatoms. The zero-order valence-electron chi connectivity index (χ0n) is 18.6. The van der Waals surface area contributed by atoms with Crippen molar-refractivity contribution in [2.75, 3.05) is 13.1 Å². The molecule has 1 atom stereocenters. The maximum Gasteiger partial charge on any atom is 0.287 e. The normalized spacial score (nSPS) is 15.7. The quantitative estimate of drug-likeness (QED) is 0.631. The molecule has 0 saturated carbocycles. The highest BCUT2D eigenvalue weighted by Crippen LogP contribution is 2.29. The molecule has 2 aromatic heterocycles. The fourth-order valence-corrected chi connectivity index (χ4v) is 4.01. The van der Waals surface area contributed by atoms with Crippen molar-refractivity contribution in [3.8, 4) is 11.4 Å². The minimum Gasteiger partial charge on any atom is -0.459 e. The van der Waals surface area contributed by atoms with Gasteiger partial charge in [0.2, 0.25) is 17.6 Å². The van der Waals surface area contributed by atoms with Crippen molar-refractivity contribution in [3.63, 3.8) is 0 Å². The number of furan rings is 1. The highest BCUT2D eigenvalue weighted by atomic mass is 16.5. The van der Waals surface area contributed by atoms with E-state index >= 15 is 0 Å². The largest absolute Gasteiger partial charge is 0.459 e. The minimum atomic E-state index is -0.611. The van der Waals surface area contributed by atoms with E-state index in [0.717, 1.165) is 24.0 Å². The lowest BCUT2D eigenvalue weighted by Gasteiger charge is -2.34. The minimum absolute atomic E-state index is 0.0493. The molecule has 2 amide bonds. The Hall–Kier alpha value is -3.42. The van der Waals surface area contributed by atoms with Gasteiger partial charge < -0.3 is 19.2 Å². The Bertz CT molecular complexity index is 1070. The van der Waals surface area contributed by atoms with E-state index in [1.165, 1.54) is 6.26 Å². The van der Waals surface area contributed by atoms with Gasteiger partial charge in [-0.1, -0.05) is 43.3 Å². The summed E-state index contributed by atoms with van der Waals surface area (Å²) in [6.07, 6.45) is 2.91. The Kier molecular flexibility index (Phi) is 6.39. The number of aryl methyl sites for hydroxylation is 1. The van der Waals surface area contributed by atoms with Crippen LogP contribution in [0.25, 0.3) is 11.4 Å². The third-order valence-electron chi connectivity index (χ3n) is 5.95. The lowest BCUT2D eigenvalue weighted by atomic mass is 9.95. The number of hydrogen-bond donors (Lipinski definition) is 1. The molecule has 168 valence electrons. The first kappa shape index (κ1) is 21.8. The smallest absolute Gasteiger partial charge is 0.287 e. The number of aromatic nitrogens is 2. The molecule has 1 aliphatic rings. The zero-order chi connectivity index (χ0) is 22.7. The molecule has 8 nitrogen and oxygen atoms in total. The average Bonchev–Trinajstić information content (AvgIpc) is 3.50. The van der Waals surface area contributed by atoms with Crippen molar-refractivity contribution in [2.24, 2.45) is 5.92 Å². The van der Waals surface area contributed by atoms with E-state index in [0.29, 0.717) is 24.8 Å². The lowest BCUT2D eigenvalue weighted by molar-refractivity contribution is -0.135. The summed E-state index contributed by atoms with van der Waals surface area (Å²) >= 11 is 0. The molecule has 1 fully saturated rings. The van der Waals surface area contributed by atoms with Crippen LogP contribution < -0.4 is 5.32 Å². The molecule has 0 bridgehead atoms. The topological polar surface area (TPSA) is 101 Å². The van der Waals surface area contributed by atoms with Crippen LogP contribution >= 0.6 is 0 Å². The molecule has 0 unspecified atom stereocenters. The molecule has 1 aliphatic heterocycles. The van der Waals surface area contributed by atoms with E-state index in [4.69, 9.17) is 8.94 Å². The van der Waals surface area contributed by atoms with E-state index in [9.17, 15) is 9.59 Å². The number of nitrogens with one attached hydrogen (secondary N) is 1. The van der Waals surface area contributed by atoms with E-state index in [1.807, 2.05) is 49.9 Å². The fourth-order valence-electron chi connectivity index (χ4n) is 4.01. The van der Waals surface area contributed by atoms with Gasteiger partial charge >= 0.3 is 0 Å². The SMILES string of the molecule is Cc1ccccc1-c1noc(C2CCN(C(=O)[C@@H](NC(=O)c3ccco3)C(C)C)CC2)n1. The second-order valence-corrected chi connectivity index (χ2v) is 8.54. The highest BCUT2D eigenvalue weighted by Gasteiger charge is 2.33. The summed E-state index contributed by atoms with van der Waals surface area (Å²) < 4.78 is 10.7. The number of rotatable bonds is 6. The average molecular weight is 437 g/mol. The molecule has 0 aliphatic carbocycles. The van der Waals surface area contributed by atoms with Crippen molar-refractivity contribution >= 4 is 11.8 Å². The van der Waals surface area contributed by atoms with Gasteiger partial charge in [-0.25, -0.2) is 0 Å². The van der Waals surface area contributed by atoms with Crippen LogP contribution in [0.4, 0.5) is 0 Å². The van der Waals surface area contributed by atoms with E-state index in [2.05, 4.69) is 15.5 Å². The molecule has 3 aromatic rings. The first-order valence-electron chi connectivity index (χ1n) is 11.0. The molecular weight excluding hydrogens is 408 g/mol. The number of piperidine rings is 1. The fraction of sp³-hybridized carbons (Fsp3) is 0.417. The van der Waals surface area contributed by atoms with Gasteiger partial charge in [0.25, 0.3) is 5.91 Å². The van der Waals surface area contributed by atoms with Crippen LogP contribution in [0.2, 0.25) is 0 Å². The van der Waals surface area contributed by atoms with Crippen molar-refractivity contribution in [1.29, 1.82) is 0 Å². The Morgan fingerprint density at radius 3 is 2.53 bits per heavy atom. The van der Waals surface area contributed by atoms with Crippen LogP contribution in [0.1, 0.15) is 54.6 Å². The summed E-state index contributed by atoms with van der Waals surface area (Å²) in [5, 5.41) is 6.98. The zero-order valence-corrected chi connectivity index (χ0v) is 18.6. The third-order valence-corrected chi connectivity index (χ3v) is 5.95. The van der Waals surface area contributed by atoms with Crippen LogP contribution in [0.5, 0.6) is 0 Å². The van der Waals surface area contributed by atoms with Crippen molar-refractivity contribution < 1.29 is 18.5 Å². The lowest BCUT2D eigenvalue weighted by Crippen LogP contribution is -2.52. The molecule has 1 N–H and O–H groups in total. The third kappa shape index (κ3) is 4.59. The number of likely N-dealkylation sites (tertiary alicyclic amines) is 1. The number of carbonyl (C=O) groups excluding carboxylic acids is 2. The molecule has 0 radical (unpaired) electrons. The molecule has 0 spiro atoms. The Balaban J connectivity index is 1.38. The Morgan fingerprint density at radius 2 is 1.88 bits per heavy atom. The first-order valence-corrected chi connectivity index (χ1v) is 11.0. The maximum atomic E-state index is 13.1. The number of hydrogen-bond acceptors (Lipinski definition) is 6. The van der Waals surface area contributed by atoms with Crippen LogP contribution in [-0.4, -0.2) is 46.0 Å². The molecule has 4 rings (SSSR count). The van der Waals surface area contributed by atoms with Gasteiger partial charge in [-0.15, -0.1) is 0 Å². The number of carbonyl (C=O) groups is 2. The second-order valence-electron chi connectivity index (χ2n) is 8.54. The summed E-state index contributed by atoms with van der Waals surface area (Å²) in [4.78, 5) is 32.0. The van der Waals surface area contributed by atoms with Crippen LogP contribution in [0.3, 0.4) is 0 Å². The van der Waals surface area contributed by atoms with Crippen LogP contribution in [0.15, 0.2) is 51.6 Å². The second kappa shape index (κ2) is 9.38. The summed E-state index contributed by atoms with van der Waals surface area (Å²) in [7, 11) is 0. The Labute approximate surface area is 187 Å². The van der Waals surface area contributed by atoms with Gasteiger partial charge in [-0.05, 0) is 43.4 Å². The van der Waals surface area contributed by atoms with Gasteiger partial charge in [0, 0.05) is 24.6 Å². The molecule has 3 heterocycles. The summed E-state index contributed by atoms with van der Waals surface area (Å²) in [5.41, 5.74) is 2.05. The molecule has 1 aromatic carbocycles. The van der Waals surface area contributed by atoms with E-state index in [1.54, 1.807) is 12.1 Å². The van der Waals surface area contributed by atoms with Gasteiger partial charge in [0.15, 0.2) is 5.76 Å². The molecule has 32 heavy (non-hydrogen) atoms. The van der Waals surface area contributed by atoms with Gasteiger partial charge in [-0.2, -0.15) is 4.98 Å². The number of benzene rings is 1.